The van der Waals surface area contributed by atoms with Crippen molar-refractivity contribution < 1.29 is 4.79 Å². The smallest absolute Gasteiger partial charge is 0.240 e. The summed E-state index contributed by atoms with van der Waals surface area (Å²) in [7, 11) is 0. The van der Waals surface area contributed by atoms with Crippen LogP contribution in [0.1, 0.15) is 48.8 Å². The zero-order valence-corrected chi connectivity index (χ0v) is 24.8. The van der Waals surface area contributed by atoms with Gasteiger partial charge in [0, 0.05) is 36.6 Å². The molecule has 214 valence electrons. The summed E-state index contributed by atoms with van der Waals surface area (Å²) in [5.41, 5.74) is 10.4. The summed E-state index contributed by atoms with van der Waals surface area (Å²) >= 11 is 6.22. The number of amides is 1. The number of hydrogen-bond acceptors (Lipinski definition) is 6. The SMILES string of the molecule is CCC(C)[C@H](Nc1nc(CN2CCN(C(c3ccc(C)cc3)c3ccc(Cl)cc3)CC2)nc2ccccc12)C(N)=O. The molecule has 1 amide bonds. The second-order valence-electron chi connectivity index (χ2n) is 11.1. The summed E-state index contributed by atoms with van der Waals surface area (Å²) in [6.45, 7) is 10.5. The monoisotopic (exact) mass is 570 g/mol. The molecule has 3 aromatic carbocycles. The van der Waals surface area contributed by atoms with Gasteiger partial charge in [0.15, 0.2) is 0 Å². The molecule has 4 aromatic rings. The molecule has 0 bridgehead atoms. The Morgan fingerprint density at radius 3 is 2.22 bits per heavy atom. The van der Waals surface area contributed by atoms with Crippen LogP contribution in [0, 0.1) is 12.8 Å². The highest BCUT2D eigenvalue weighted by atomic mass is 35.5. The predicted octanol–water partition coefficient (Wildman–Crippen LogP) is 5.81. The maximum atomic E-state index is 12.3. The van der Waals surface area contributed by atoms with Gasteiger partial charge in [-0.2, -0.15) is 0 Å². The van der Waals surface area contributed by atoms with Gasteiger partial charge >= 0.3 is 0 Å². The number of aryl methyl sites for hydroxylation is 1. The Morgan fingerprint density at radius 2 is 1.59 bits per heavy atom. The summed E-state index contributed by atoms with van der Waals surface area (Å²) in [5, 5.41) is 4.99. The standard InChI is InChI=1S/C33H39ClN6O/c1-4-23(3)30(32(35)41)38-33-27-7-5-6-8-28(27)36-29(37-33)21-39-17-19-40(20-18-39)31(24-11-9-22(2)10-12-24)25-13-15-26(34)16-14-25/h5-16,23,30-31H,4,17-21H2,1-3H3,(H2,35,41)(H,36,37,38)/t23?,30-,31?/m0/s1. The number of anilines is 1. The van der Waals surface area contributed by atoms with Gasteiger partial charge in [0.2, 0.25) is 5.91 Å². The number of halogens is 1. The lowest BCUT2D eigenvalue weighted by Gasteiger charge is -2.39. The minimum atomic E-state index is -0.499. The van der Waals surface area contributed by atoms with E-state index in [9.17, 15) is 4.79 Å². The number of nitrogens with one attached hydrogen (secondary N) is 1. The third-order valence-corrected chi connectivity index (χ3v) is 8.43. The van der Waals surface area contributed by atoms with E-state index >= 15 is 0 Å². The van der Waals surface area contributed by atoms with Gasteiger partial charge in [-0.25, -0.2) is 9.97 Å². The minimum absolute atomic E-state index is 0.0832. The van der Waals surface area contributed by atoms with Crippen LogP contribution in [0.2, 0.25) is 5.02 Å². The van der Waals surface area contributed by atoms with Gasteiger partial charge in [-0.15, -0.1) is 0 Å². The highest BCUT2D eigenvalue weighted by Crippen LogP contribution is 2.31. The number of para-hydroxylation sites is 1. The lowest BCUT2D eigenvalue weighted by molar-refractivity contribution is -0.119. The molecule has 41 heavy (non-hydrogen) atoms. The molecule has 2 heterocycles. The van der Waals surface area contributed by atoms with E-state index in [1.54, 1.807) is 0 Å². The van der Waals surface area contributed by atoms with Crippen LogP contribution in [-0.4, -0.2) is 57.9 Å². The summed E-state index contributed by atoms with van der Waals surface area (Å²) in [5.74, 6) is 1.11. The van der Waals surface area contributed by atoms with Crippen LogP contribution in [0.5, 0.6) is 0 Å². The van der Waals surface area contributed by atoms with Crippen LogP contribution in [0.4, 0.5) is 5.82 Å². The van der Waals surface area contributed by atoms with Crippen LogP contribution in [0.25, 0.3) is 10.9 Å². The average molecular weight is 571 g/mol. The molecule has 8 heteroatoms. The van der Waals surface area contributed by atoms with Crippen molar-refractivity contribution in [3.63, 3.8) is 0 Å². The van der Waals surface area contributed by atoms with Crippen LogP contribution in [-0.2, 0) is 11.3 Å². The zero-order valence-electron chi connectivity index (χ0n) is 24.1. The third-order valence-electron chi connectivity index (χ3n) is 8.18. The Labute approximate surface area is 247 Å². The van der Waals surface area contributed by atoms with E-state index in [0.29, 0.717) is 12.4 Å². The Kier molecular flexibility index (Phi) is 9.18. The Hall–Kier alpha value is -3.52. The maximum absolute atomic E-state index is 12.3. The Bertz CT molecular complexity index is 1420. The Balaban J connectivity index is 1.34. The zero-order chi connectivity index (χ0) is 28.9. The summed E-state index contributed by atoms with van der Waals surface area (Å²) in [4.78, 5) is 27.0. The normalized spacial score (nSPS) is 16.8. The molecule has 3 N–H and O–H groups in total. The van der Waals surface area contributed by atoms with E-state index in [-0.39, 0.29) is 17.9 Å². The number of nitrogens with zero attached hydrogens (tertiary/aromatic N) is 4. The van der Waals surface area contributed by atoms with Crippen molar-refractivity contribution in [3.05, 3.63) is 100 Å². The van der Waals surface area contributed by atoms with Gasteiger partial charge in [-0.1, -0.05) is 86.0 Å². The highest BCUT2D eigenvalue weighted by Gasteiger charge is 2.28. The summed E-state index contributed by atoms with van der Waals surface area (Å²) in [6, 6.07) is 24.6. The van der Waals surface area contributed by atoms with Crippen molar-refractivity contribution >= 4 is 34.2 Å². The molecule has 1 saturated heterocycles. The number of fused-ring (bicyclic) bond motifs is 1. The lowest BCUT2D eigenvalue weighted by Crippen LogP contribution is -2.47. The first-order valence-corrected chi connectivity index (χ1v) is 14.8. The first-order valence-electron chi connectivity index (χ1n) is 14.4. The van der Waals surface area contributed by atoms with Gasteiger partial charge in [-0.3, -0.25) is 14.6 Å². The molecule has 2 unspecified atom stereocenters. The van der Waals surface area contributed by atoms with Crippen molar-refractivity contribution in [3.8, 4) is 0 Å². The van der Waals surface area contributed by atoms with E-state index in [1.165, 1.54) is 16.7 Å². The second-order valence-corrected chi connectivity index (χ2v) is 11.5. The minimum Gasteiger partial charge on any atom is -0.368 e. The van der Waals surface area contributed by atoms with Crippen molar-refractivity contribution in [1.82, 2.24) is 19.8 Å². The fourth-order valence-electron chi connectivity index (χ4n) is 5.57. The number of hydrogen-bond donors (Lipinski definition) is 2. The van der Waals surface area contributed by atoms with Gasteiger partial charge in [0.05, 0.1) is 18.1 Å². The summed E-state index contributed by atoms with van der Waals surface area (Å²) < 4.78 is 0. The van der Waals surface area contributed by atoms with E-state index in [1.807, 2.05) is 43.3 Å². The van der Waals surface area contributed by atoms with Crippen molar-refractivity contribution in [2.45, 2.75) is 45.8 Å². The number of benzene rings is 3. The second kappa shape index (κ2) is 13.0. The number of nitrogens with two attached hydrogens (primary N) is 1. The van der Waals surface area contributed by atoms with Crippen LogP contribution >= 0.6 is 11.6 Å². The number of piperazine rings is 1. The quantitative estimate of drug-likeness (QED) is 0.250. The first-order chi connectivity index (χ1) is 19.8. The van der Waals surface area contributed by atoms with Crippen LogP contribution in [0.15, 0.2) is 72.8 Å². The molecule has 0 radical (unpaired) electrons. The molecule has 1 aliphatic rings. The number of carbonyl (C=O) groups is 1. The number of rotatable bonds is 10. The molecular formula is C33H39ClN6O. The van der Waals surface area contributed by atoms with E-state index in [4.69, 9.17) is 27.3 Å². The van der Waals surface area contributed by atoms with Crippen LogP contribution < -0.4 is 11.1 Å². The Morgan fingerprint density at radius 1 is 0.951 bits per heavy atom. The molecule has 5 rings (SSSR count). The number of aromatic nitrogens is 2. The molecule has 1 fully saturated rings. The molecule has 7 nitrogen and oxygen atoms in total. The molecule has 3 atom stereocenters. The lowest BCUT2D eigenvalue weighted by atomic mass is 9.95. The van der Waals surface area contributed by atoms with E-state index < -0.39 is 6.04 Å². The highest BCUT2D eigenvalue weighted by molar-refractivity contribution is 6.30. The van der Waals surface area contributed by atoms with Gasteiger partial charge in [0.25, 0.3) is 0 Å². The predicted molar refractivity (Wildman–Crippen MR) is 167 cm³/mol. The molecule has 1 aliphatic heterocycles. The average Bonchev–Trinajstić information content (AvgIpc) is 2.98. The van der Waals surface area contributed by atoms with Gasteiger partial charge in [-0.05, 0) is 48.2 Å². The first kappa shape index (κ1) is 29.0. The molecule has 0 saturated carbocycles. The summed E-state index contributed by atoms with van der Waals surface area (Å²) in [6.07, 6.45) is 0.834. The van der Waals surface area contributed by atoms with Crippen molar-refractivity contribution in [2.24, 2.45) is 11.7 Å². The molecule has 0 aliphatic carbocycles. The van der Waals surface area contributed by atoms with Crippen molar-refractivity contribution in [1.29, 1.82) is 0 Å². The fraction of sp³-hybridized carbons (Fsp3) is 0.364. The topological polar surface area (TPSA) is 87.4 Å². The van der Waals surface area contributed by atoms with E-state index in [0.717, 1.165) is 54.3 Å². The van der Waals surface area contributed by atoms with Crippen LogP contribution in [0.3, 0.4) is 0 Å². The molecule has 1 aromatic heterocycles. The third kappa shape index (κ3) is 6.87. The molecule has 0 spiro atoms. The maximum Gasteiger partial charge on any atom is 0.240 e. The fourth-order valence-corrected chi connectivity index (χ4v) is 5.70. The molecular weight excluding hydrogens is 532 g/mol. The largest absolute Gasteiger partial charge is 0.368 e. The van der Waals surface area contributed by atoms with Gasteiger partial charge < -0.3 is 11.1 Å². The van der Waals surface area contributed by atoms with Crippen molar-refractivity contribution in [2.75, 3.05) is 31.5 Å². The number of primary amides is 1. The van der Waals surface area contributed by atoms with Gasteiger partial charge in [0.1, 0.15) is 17.7 Å². The van der Waals surface area contributed by atoms with E-state index in [2.05, 4.69) is 65.4 Å². The number of carbonyl (C=O) groups excluding carboxylic acids is 1.